The van der Waals surface area contributed by atoms with E-state index < -0.39 is 23.7 Å². The van der Waals surface area contributed by atoms with Crippen molar-refractivity contribution in [1.82, 2.24) is 25.2 Å². The number of hydrogen-bond donors (Lipinski definition) is 2. The Morgan fingerprint density at radius 1 is 1.14 bits per heavy atom. The standard InChI is InChI=1S/C33H32F2N6O2/c1-2-23-26(34)8-5-19-13-22(42)14-24(27(19)23)29-28(35)30-25(15-36-29)31(40-16-20-6-7-21(17-40)37-20)39-32(38-30)43-18-33-9-3-11-41(33)12-4-10-33/h1,5,8,13-15,20-21,37,42H,3-4,6-7,9-12,16-18H2/t20-,21+/i18D2. The summed E-state index contributed by atoms with van der Waals surface area (Å²) in [6.45, 7) is 0.756. The van der Waals surface area contributed by atoms with Gasteiger partial charge in [0.05, 0.1) is 19.2 Å². The lowest BCUT2D eigenvalue weighted by atomic mass is 9.95. The smallest absolute Gasteiger partial charge is 0.319 e. The zero-order valence-corrected chi connectivity index (χ0v) is 23.5. The minimum absolute atomic E-state index is 0.0716. The summed E-state index contributed by atoms with van der Waals surface area (Å²) in [6, 6.07) is 5.66. The number of fused-ring (bicyclic) bond motifs is 5. The van der Waals surface area contributed by atoms with E-state index in [1.54, 1.807) is 0 Å². The third-order valence-electron chi connectivity index (χ3n) is 9.59. The number of benzene rings is 2. The third-order valence-corrected chi connectivity index (χ3v) is 9.59. The summed E-state index contributed by atoms with van der Waals surface area (Å²) in [7, 11) is 0. The Bertz CT molecular complexity index is 1890. The summed E-state index contributed by atoms with van der Waals surface area (Å²) in [5.41, 5.74) is -1.04. The fraction of sp³-hybridized carbons (Fsp3) is 0.424. The Balaban J connectivity index is 1.32. The van der Waals surface area contributed by atoms with Crippen LogP contribution in [0.5, 0.6) is 11.8 Å². The summed E-state index contributed by atoms with van der Waals surface area (Å²) in [5, 5.41) is 15.1. The van der Waals surface area contributed by atoms with Gasteiger partial charge in [0.25, 0.3) is 0 Å². The molecule has 0 aliphatic carbocycles. The van der Waals surface area contributed by atoms with E-state index in [1.165, 1.54) is 30.5 Å². The molecule has 0 saturated carbocycles. The van der Waals surface area contributed by atoms with Gasteiger partial charge in [0.1, 0.15) is 35.2 Å². The molecule has 2 aromatic carbocycles. The van der Waals surface area contributed by atoms with Gasteiger partial charge in [-0.15, -0.1) is 6.42 Å². The molecule has 2 bridgehead atoms. The molecule has 10 heteroatoms. The van der Waals surface area contributed by atoms with Gasteiger partial charge < -0.3 is 20.1 Å². The molecule has 43 heavy (non-hydrogen) atoms. The summed E-state index contributed by atoms with van der Waals surface area (Å²) in [6.07, 6.45) is 12.2. The molecule has 220 valence electrons. The molecule has 4 fully saturated rings. The van der Waals surface area contributed by atoms with Crippen molar-refractivity contribution < 1.29 is 21.4 Å². The summed E-state index contributed by atoms with van der Waals surface area (Å²) < 4.78 is 55.9. The number of phenols is 1. The first-order valence-electron chi connectivity index (χ1n) is 15.9. The largest absolute Gasteiger partial charge is 0.508 e. The predicted molar refractivity (Wildman–Crippen MR) is 160 cm³/mol. The van der Waals surface area contributed by atoms with Crippen LogP contribution in [-0.2, 0) is 0 Å². The van der Waals surface area contributed by atoms with Crippen LogP contribution in [0.15, 0.2) is 30.5 Å². The van der Waals surface area contributed by atoms with Gasteiger partial charge in [-0.05, 0) is 75.2 Å². The first-order valence-corrected chi connectivity index (χ1v) is 14.9. The SMILES string of the molecule is [2H]C([2H])(Oc1nc(N2C[C@H]3CC[C@@H](C2)N3)c2cnc(-c3cc(O)cc4ccc(F)c(C#C)c34)c(F)c2n1)C12CCCN1CCC2. The number of terminal acetylenes is 1. The van der Waals surface area contributed by atoms with Crippen LogP contribution in [0.2, 0.25) is 0 Å². The quantitative estimate of drug-likeness (QED) is 0.325. The molecule has 0 spiro atoms. The van der Waals surface area contributed by atoms with E-state index in [2.05, 4.69) is 31.0 Å². The van der Waals surface area contributed by atoms with Crippen molar-refractivity contribution in [1.29, 1.82) is 0 Å². The molecule has 4 saturated heterocycles. The maximum atomic E-state index is 16.8. The number of piperazine rings is 1. The number of ether oxygens (including phenoxy) is 1. The molecule has 0 unspecified atom stereocenters. The minimum atomic E-state index is -2.12. The first kappa shape index (κ1) is 24.4. The molecule has 4 aliphatic heterocycles. The molecule has 8 nitrogen and oxygen atoms in total. The van der Waals surface area contributed by atoms with E-state index in [1.807, 2.05) is 0 Å². The van der Waals surface area contributed by atoms with Gasteiger partial charge in [-0.1, -0.05) is 12.0 Å². The lowest BCUT2D eigenvalue weighted by molar-refractivity contribution is 0.108. The summed E-state index contributed by atoms with van der Waals surface area (Å²) in [5.74, 6) is 1.13. The average molecular weight is 585 g/mol. The number of aromatic hydroxyl groups is 1. The van der Waals surface area contributed by atoms with Crippen LogP contribution >= 0.6 is 0 Å². The molecule has 0 radical (unpaired) electrons. The van der Waals surface area contributed by atoms with Crippen molar-refractivity contribution in [3.05, 3.63) is 47.7 Å². The molecular weight excluding hydrogens is 550 g/mol. The van der Waals surface area contributed by atoms with Gasteiger partial charge in [0, 0.05) is 42.3 Å². The number of nitrogens with zero attached hydrogens (tertiary/aromatic N) is 5. The highest BCUT2D eigenvalue weighted by atomic mass is 19.1. The number of hydrogen-bond acceptors (Lipinski definition) is 8. The van der Waals surface area contributed by atoms with Crippen molar-refractivity contribution in [3.63, 3.8) is 0 Å². The minimum Gasteiger partial charge on any atom is -0.508 e. The molecule has 4 aliphatic rings. The Kier molecular flexibility index (Phi) is 5.67. The zero-order chi connectivity index (χ0) is 31.1. The molecule has 0 amide bonds. The highest BCUT2D eigenvalue weighted by Gasteiger charge is 2.45. The second-order valence-electron chi connectivity index (χ2n) is 12.1. The van der Waals surface area contributed by atoms with Gasteiger partial charge in [0.2, 0.25) is 0 Å². The maximum Gasteiger partial charge on any atom is 0.319 e. The molecule has 6 heterocycles. The molecular formula is C33H32F2N6O2. The molecule has 2 aromatic heterocycles. The van der Waals surface area contributed by atoms with Crippen LogP contribution in [0.25, 0.3) is 32.9 Å². The van der Waals surface area contributed by atoms with Crippen LogP contribution in [0.4, 0.5) is 14.6 Å². The molecule has 2 N–H and O–H groups in total. The average Bonchev–Trinajstić information content (AvgIpc) is 3.72. The van der Waals surface area contributed by atoms with Crippen LogP contribution in [-0.4, -0.2) is 75.3 Å². The van der Waals surface area contributed by atoms with Crippen molar-refractivity contribution in [2.24, 2.45) is 0 Å². The van der Waals surface area contributed by atoms with Gasteiger partial charge in [-0.2, -0.15) is 9.97 Å². The van der Waals surface area contributed by atoms with E-state index in [-0.39, 0.29) is 51.6 Å². The Morgan fingerprint density at radius 3 is 2.65 bits per heavy atom. The first-order chi connectivity index (χ1) is 21.7. The number of rotatable bonds is 5. The van der Waals surface area contributed by atoms with Gasteiger partial charge >= 0.3 is 6.01 Å². The van der Waals surface area contributed by atoms with Gasteiger partial charge in [-0.3, -0.25) is 9.88 Å². The second-order valence-corrected chi connectivity index (χ2v) is 12.1. The highest BCUT2D eigenvalue weighted by Crippen LogP contribution is 2.41. The topological polar surface area (TPSA) is 86.6 Å². The number of pyridine rings is 1. The van der Waals surface area contributed by atoms with E-state index in [4.69, 9.17) is 18.9 Å². The van der Waals surface area contributed by atoms with Gasteiger partial charge in [0.15, 0.2) is 5.82 Å². The highest BCUT2D eigenvalue weighted by molar-refractivity contribution is 6.03. The lowest BCUT2D eigenvalue weighted by Crippen LogP contribution is -2.51. The Hall–Kier alpha value is -4.07. The van der Waals surface area contributed by atoms with E-state index >= 15 is 4.39 Å². The van der Waals surface area contributed by atoms with Crippen molar-refractivity contribution >= 4 is 27.5 Å². The van der Waals surface area contributed by atoms with Crippen LogP contribution < -0.4 is 15.0 Å². The Labute approximate surface area is 250 Å². The number of nitrogens with one attached hydrogen (secondary N) is 1. The van der Waals surface area contributed by atoms with E-state index in [0.717, 1.165) is 38.8 Å². The second kappa shape index (κ2) is 10.00. The number of anilines is 1. The van der Waals surface area contributed by atoms with Crippen LogP contribution in [0.3, 0.4) is 0 Å². The zero-order valence-electron chi connectivity index (χ0n) is 25.5. The Morgan fingerprint density at radius 2 is 1.91 bits per heavy atom. The fourth-order valence-corrected chi connectivity index (χ4v) is 7.63. The van der Waals surface area contributed by atoms with Crippen molar-refractivity contribution in [3.8, 4) is 35.4 Å². The van der Waals surface area contributed by atoms with Crippen molar-refractivity contribution in [2.45, 2.75) is 56.1 Å². The van der Waals surface area contributed by atoms with E-state index in [0.29, 0.717) is 42.5 Å². The molecule has 8 rings (SSSR count). The number of halogens is 2. The van der Waals surface area contributed by atoms with Crippen molar-refractivity contribution in [2.75, 3.05) is 37.6 Å². The lowest BCUT2D eigenvalue weighted by Gasteiger charge is -2.34. The predicted octanol–water partition coefficient (Wildman–Crippen LogP) is 4.76. The normalized spacial score (nSPS) is 23.8. The third kappa shape index (κ3) is 4.28. The maximum absolute atomic E-state index is 16.8. The number of aromatic nitrogens is 3. The summed E-state index contributed by atoms with van der Waals surface area (Å²) in [4.78, 5) is 17.9. The van der Waals surface area contributed by atoms with E-state index in [9.17, 15) is 9.50 Å². The van der Waals surface area contributed by atoms with Crippen LogP contribution in [0.1, 0.15) is 46.8 Å². The van der Waals surface area contributed by atoms with Gasteiger partial charge in [-0.25, -0.2) is 8.78 Å². The fourth-order valence-electron chi connectivity index (χ4n) is 7.63. The molecule has 2 atom stereocenters. The number of phenolic OH excluding ortho intramolecular Hbond substituents is 1. The summed E-state index contributed by atoms with van der Waals surface area (Å²) >= 11 is 0. The monoisotopic (exact) mass is 584 g/mol. The molecule has 4 aromatic rings. The van der Waals surface area contributed by atoms with Crippen LogP contribution in [0, 0.1) is 24.0 Å².